The van der Waals surface area contributed by atoms with Crippen LogP contribution in [0.25, 0.3) is 0 Å². The Morgan fingerprint density at radius 2 is 2.10 bits per heavy atom. The van der Waals surface area contributed by atoms with Crippen molar-refractivity contribution >= 4 is 50.7 Å². The number of benzene rings is 2. The van der Waals surface area contributed by atoms with Crippen LogP contribution in [0, 0.1) is 5.82 Å². The van der Waals surface area contributed by atoms with Gasteiger partial charge in [-0.05, 0) is 34.1 Å². The summed E-state index contributed by atoms with van der Waals surface area (Å²) in [4.78, 5) is 19.5. The van der Waals surface area contributed by atoms with E-state index in [1.165, 1.54) is 30.3 Å². The van der Waals surface area contributed by atoms with Crippen molar-refractivity contribution in [3.8, 4) is 11.5 Å². The number of halogens is 4. The minimum Gasteiger partial charge on any atom is -0.453 e. The molecule has 2 aromatic carbocycles. The molecule has 0 radical (unpaired) electrons. The van der Waals surface area contributed by atoms with Gasteiger partial charge in [0.05, 0.1) is 5.02 Å². The van der Waals surface area contributed by atoms with Crippen molar-refractivity contribution in [3.05, 3.63) is 67.9 Å². The van der Waals surface area contributed by atoms with Gasteiger partial charge in [0.1, 0.15) is 16.2 Å². The van der Waals surface area contributed by atoms with Gasteiger partial charge >= 0.3 is 0 Å². The Labute approximate surface area is 184 Å². The van der Waals surface area contributed by atoms with Gasteiger partial charge in [-0.15, -0.1) is 0 Å². The van der Waals surface area contributed by atoms with Crippen LogP contribution in [0.1, 0.15) is 28.8 Å². The molecule has 152 valence electrons. The Hall–Kier alpha value is -2.29. The monoisotopic (exact) mass is 500 g/mol. The topological polar surface area (TPSA) is 93.0 Å². The number of aromatic nitrogens is 2. The van der Waals surface area contributed by atoms with Crippen LogP contribution in [0.5, 0.6) is 11.5 Å². The lowest BCUT2D eigenvalue weighted by Gasteiger charge is -2.13. The zero-order valence-corrected chi connectivity index (χ0v) is 18.3. The summed E-state index contributed by atoms with van der Waals surface area (Å²) >= 11 is 15.3. The summed E-state index contributed by atoms with van der Waals surface area (Å²) in [5, 5.41) is 3.04. The van der Waals surface area contributed by atoms with Crippen molar-refractivity contribution in [2.45, 2.75) is 19.9 Å². The number of amides is 1. The maximum atomic E-state index is 15.0. The molecule has 0 unspecified atom stereocenters. The van der Waals surface area contributed by atoms with Gasteiger partial charge in [0.2, 0.25) is 0 Å². The summed E-state index contributed by atoms with van der Waals surface area (Å²) in [5.41, 5.74) is 6.48. The van der Waals surface area contributed by atoms with Crippen LogP contribution in [-0.4, -0.2) is 15.9 Å². The average Bonchev–Trinajstić information content (AvgIpc) is 3.04. The third kappa shape index (κ3) is 5.01. The lowest BCUT2D eigenvalue weighted by molar-refractivity contribution is 0.0945. The summed E-state index contributed by atoms with van der Waals surface area (Å²) in [6, 6.07) is 7.47. The molecule has 29 heavy (non-hydrogen) atoms. The summed E-state index contributed by atoms with van der Waals surface area (Å²) in [6.45, 7) is 1.82. The number of hydrogen-bond acceptors (Lipinski definition) is 4. The molecule has 0 saturated heterocycles. The predicted octanol–water partition coefficient (Wildman–Crippen LogP) is 5.49. The summed E-state index contributed by atoms with van der Waals surface area (Å²) in [5.74, 6) is -0.436. The second kappa shape index (κ2) is 9.02. The number of anilines is 1. The second-order valence-corrected chi connectivity index (χ2v) is 7.69. The lowest BCUT2D eigenvalue weighted by Crippen LogP contribution is -2.24. The highest BCUT2D eigenvalue weighted by Gasteiger charge is 2.19. The number of carbonyl (C=O) groups is 1. The number of ether oxygens (including phenoxy) is 1. The first-order chi connectivity index (χ1) is 13.8. The summed E-state index contributed by atoms with van der Waals surface area (Å²) in [6.07, 6.45) is 0.645. The number of hydrogen-bond donors (Lipinski definition) is 3. The number of aryl methyl sites for hydroxylation is 1. The molecule has 3 aromatic rings. The van der Waals surface area contributed by atoms with Crippen LogP contribution < -0.4 is 15.8 Å². The molecular formula is C19H16BrCl2FN4O2. The maximum Gasteiger partial charge on any atom is 0.272 e. The number of H-pyrrole nitrogens is 1. The molecule has 0 spiro atoms. The van der Waals surface area contributed by atoms with E-state index in [0.29, 0.717) is 27.6 Å². The van der Waals surface area contributed by atoms with Crippen LogP contribution in [0.3, 0.4) is 0 Å². The largest absolute Gasteiger partial charge is 0.453 e. The van der Waals surface area contributed by atoms with Gasteiger partial charge in [-0.2, -0.15) is 0 Å². The zero-order valence-electron chi connectivity index (χ0n) is 15.2. The SMILES string of the molecule is CCc1nc(C(=O)NCc2ccc(Cl)c(Oc3cc(N)cc(Cl)c3)c2F)c(Br)[nH]1. The summed E-state index contributed by atoms with van der Waals surface area (Å²) < 4.78 is 21.0. The van der Waals surface area contributed by atoms with Gasteiger partial charge in [-0.1, -0.05) is 36.2 Å². The number of carbonyl (C=O) groups excluding carboxylic acids is 1. The van der Waals surface area contributed by atoms with Crippen molar-refractivity contribution in [1.82, 2.24) is 15.3 Å². The van der Waals surface area contributed by atoms with Crippen LogP contribution in [0.2, 0.25) is 10.0 Å². The van der Waals surface area contributed by atoms with Crippen LogP contribution in [0.4, 0.5) is 10.1 Å². The Kier molecular flexibility index (Phi) is 6.66. The highest BCUT2D eigenvalue weighted by molar-refractivity contribution is 9.10. The quantitative estimate of drug-likeness (QED) is 0.389. The third-order valence-corrected chi connectivity index (χ3v) is 5.03. The molecule has 0 aliphatic carbocycles. The Morgan fingerprint density at radius 1 is 1.34 bits per heavy atom. The zero-order chi connectivity index (χ0) is 21.1. The maximum absolute atomic E-state index is 15.0. The first kappa shape index (κ1) is 21.4. The van der Waals surface area contributed by atoms with Gasteiger partial charge in [0, 0.05) is 35.3 Å². The number of nitrogens with two attached hydrogens (primary N) is 1. The molecular weight excluding hydrogens is 486 g/mol. The molecule has 3 rings (SSSR count). The number of nitrogens with zero attached hydrogens (tertiary/aromatic N) is 1. The van der Waals surface area contributed by atoms with E-state index in [9.17, 15) is 9.18 Å². The fraction of sp³-hybridized carbons (Fsp3) is 0.158. The molecule has 1 heterocycles. The number of aromatic amines is 1. The van der Waals surface area contributed by atoms with Crippen molar-refractivity contribution < 1.29 is 13.9 Å². The molecule has 0 saturated carbocycles. The number of rotatable bonds is 6. The fourth-order valence-electron chi connectivity index (χ4n) is 2.54. The van der Waals surface area contributed by atoms with Gasteiger partial charge in [-0.3, -0.25) is 4.79 Å². The molecule has 1 aromatic heterocycles. The van der Waals surface area contributed by atoms with Crippen molar-refractivity contribution in [2.75, 3.05) is 5.73 Å². The van der Waals surface area contributed by atoms with Crippen LogP contribution in [-0.2, 0) is 13.0 Å². The van der Waals surface area contributed by atoms with Gasteiger partial charge in [-0.25, -0.2) is 9.37 Å². The molecule has 0 aliphatic rings. The minimum atomic E-state index is -0.702. The second-order valence-electron chi connectivity index (χ2n) is 6.05. The van der Waals surface area contributed by atoms with E-state index in [2.05, 4.69) is 31.2 Å². The van der Waals surface area contributed by atoms with E-state index >= 15 is 0 Å². The molecule has 10 heteroatoms. The molecule has 0 bridgehead atoms. The predicted molar refractivity (Wildman–Crippen MR) is 114 cm³/mol. The van der Waals surface area contributed by atoms with E-state index in [-0.39, 0.29) is 34.3 Å². The highest BCUT2D eigenvalue weighted by Crippen LogP contribution is 2.35. The van der Waals surface area contributed by atoms with E-state index < -0.39 is 11.7 Å². The lowest BCUT2D eigenvalue weighted by atomic mass is 10.2. The van der Waals surface area contributed by atoms with Crippen molar-refractivity contribution in [3.63, 3.8) is 0 Å². The van der Waals surface area contributed by atoms with Gasteiger partial charge in [0.15, 0.2) is 17.3 Å². The molecule has 4 N–H and O–H groups in total. The van der Waals surface area contributed by atoms with E-state index in [1.807, 2.05) is 6.92 Å². The first-order valence-corrected chi connectivity index (χ1v) is 10.1. The normalized spacial score (nSPS) is 10.8. The van der Waals surface area contributed by atoms with Gasteiger partial charge in [0.25, 0.3) is 5.91 Å². The van der Waals surface area contributed by atoms with Crippen LogP contribution in [0.15, 0.2) is 34.9 Å². The molecule has 0 fully saturated rings. The van der Waals surface area contributed by atoms with Gasteiger partial charge < -0.3 is 20.8 Å². The third-order valence-electron chi connectivity index (χ3n) is 3.94. The number of imidazole rings is 1. The number of nitrogens with one attached hydrogen (secondary N) is 2. The van der Waals surface area contributed by atoms with E-state index in [4.69, 9.17) is 33.7 Å². The van der Waals surface area contributed by atoms with Crippen molar-refractivity contribution in [2.24, 2.45) is 0 Å². The minimum absolute atomic E-state index is 0.0683. The Bertz CT molecular complexity index is 1050. The smallest absolute Gasteiger partial charge is 0.272 e. The fourth-order valence-corrected chi connectivity index (χ4v) is 3.46. The molecule has 0 atom stereocenters. The number of nitrogen functional groups attached to an aromatic ring is 1. The standard InChI is InChI=1S/C19H16BrCl2FN4O2/c1-2-14-26-16(18(20)27-14)19(28)25-8-9-3-4-13(22)17(15(9)23)29-12-6-10(21)5-11(24)7-12/h3-7H,2,8,24H2,1H3,(H,25,28)(H,26,27). The Morgan fingerprint density at radius 3 is 2.76 bits per heavy atom. The van der Waals surface area contributed by atoms with Crippen molar-refractivity contribution in [1.29, 1.82) is 0 Å². The average molecular weight is 502 g/mol. The molecule has 6 nitrogen and oxygen atoms in total. The Balaban J connectivity index is 1.79. The van der Waals surface area contributed by atoms with E-state index in [1.54, 1.807) is 0 Å². The molecule has 1 amide bonds. The van der Waals surface area contributed by atoms with Crippen LogP contribution >= 0.6 is 39.1 Å². The first-order valence-electron chi connectivity index (χ1n) is 8.51. The highest BCUT2D eigenvalue weighted by atomic mass is 79.9. The van der Waals surface area contributed by atoms with E-state index in [0.717, 1.165) is 0 Å². The summed E-state index contributed by atoms with van der Waals surface area (Å²) in [7, 11) is 0. The molecule has 0 aliphatic heterocycles.